The van der Waals surface area contributed by atoms with Gasteiger partial charge in [-0.15, -0.1) is 11.8 Å². The van der Waals surface area contributed by atoms with Crippen LogP contribution in [0.1, 0.15) is 78.2 Å². The fourth-order valence-electron chi connectivity index (χ4n) is 7.18. The first-order valence-electron chi connectivity index (χ1n) is 13.1. The van der Waals surface area contributed by atoms with Crippen LogP contribution in [0.5, 0.6) is 0 Å². The van der Waals surface area contributed by atoms with Crippen molar-refractivity contribution in [1.82, 2.24) is 0 Å². The highest BCUT2D eigenvalue weighted by atomic mass is 32.2. The number of allylic oxidation sites excluding steroid dienone is 5. The lowest BCUT2D eigenvalue weighted by Gasteiger charge is -2.58. The van der Waals surface area contributed by atoms with E-state index in [1.807, 2.05) is 17.8 Å². The Labute approximate surface area is 208 Å². The Morgan fingerprint density at radius 2 is 1.91 bits per heavy atom. The van der Waals surface area contributed by atoms with Crippen LogP contribution in [-0.2, 0) is 0 Å². The summed E-state index contributed by atoms with van der Waals surface area (Å²) in [5.41, 5.74) is 4.89. The van der Waals surface area contributed by atoms with E-state index in [-0.39, 0.29) is 5.41 Å². The van der Waals surface area contributed by atoms with Gasteiger partial charge in [-0.25, -0.2) is 0 Å². The van der Waals surface area contributed by atoms with Gasteiger partial charge in [0.2, 0.25) is 0 Å². The van der Waals surface area contributed by atoms with Crippen molar-refractivity contribution in [2.24, 2.45) is 28.6 Å². The normalized spacial score (nSPS) is 33.2. The third-order valence-electron chi connectivity index (χ3n) is 8.71. The van der Waals surface area contributed by atoms with E-state index in [1.165, 1.54) is 61.0 Å². The summed E-state index contributed by atoms with van der Waals surface area (Å²) in [6.45, 7) is 20.4. The molecule has 2 fully saturated rings. The van der Waals surface area contributed by atoms with Crippen molar-refractivity contribution in [2.45, 2.75) is 84.5 Å². The highest BCUT2D eigenvalue weighted by Gasteiger charge is 2.53. The van der Waals surface area contributed by atoms with Crippen LogP contribution in [0.2, 0.25) is 0 Å². The average Bonchev–Trinajstić information content (AvgIpc) is 2.77. The van der Waals surface area contributed by atoms with Gasteiger partial charge in [0.1, 0.15) is 0 Å². The molecule has 0 aromatic heterocycles. The molecule has 3 rings (SSSR count). The Bertz CT molecular complexity index is 872. The molecule has 0 bridgehead atoms. The maximum absolute atomic E-state index is 4.57. The number of thioether (sulfide) groups is 1. The van der Waals surface area contributed by atoms with Gasteiger partial charge in [-0.2, -0.15) is 0 Å². The summed E-state index contributed by atoms with van der Waals surface area (Å²) in [6.07, 6.45) is 18.1. The maximum atomic E-state index is 4.57. The minimum atomic E-state index is 0.178. The summed E-state index contributed by atoms with van der Waals surface area (Å²) in [5, 5.41) is 0. The van der Waals surface area contributed by atoms with Crippen LogP contribution in [0.3, 0.4) is 0 Å². The summed E-state index contributed by atoms with van der Waals surface area (Å²) in [4.78, 5) is 1.36. The molecular weight excluding hydrogens is 416 g/mol. The van der Waals surface area contributed by atoms with Crippen molar-refractivity contribution in [3.63, 3.8) is 0 Å². The molecule has 1 heteroatoms. The smallest absolute Gasteiger partial charge is 0.0188 e. The fraction of sp³-hybridized carbons (Fsp3) is 0.562. The second-order valence-corrected chi connectivity index (χ2v) is 12.2. The lowest BCUT2D eigenvalue weighted by Crippen LogP contribution is -2.49. The van der Waals surface area contributed by atoms with E-state index >= 15 is 0 Å². The van der Waals surface area contributed by atoms with Crippen LogP contribution >= 0.6 is 11.8 Å². The summed E-state index contributed by atoms with van der Waals surface area (Å²) < 4.78 is 0. The topological polar surface area (TPSA) is 0 Å². The van der Waals surface area contributed by atoms with Gasteiger partial charge in [0.25, 0.3) is 0 Å². The molecule has 5 unspecified atom stereocenters. The highest BCUT2D eigenvalue weighted by Crippen LogP contribution is 2.62. The molecule has 2 aliphatic rings. The standard InChI is InChI=1S/C32H46S/c1-8-11-26-15-18-28-29(12-9-2)31(6,21-19-30(28)32(26,7)20-10-3)22-25(5)23-33-27-16-13-24(4)14-17-27/h8,10-11,13-14,16-17,20,28-30H,1,5,9,12,15,18-19,21-23H2,2-4,6-7H3/b20-10-,26-11-. The maximum Gasteiger partial charge on any atom is 0.0188 e. The summed E-state index contributed by atoms with van der Waals surface area (Å²) in [7, 11) is 0. The van der Waals surface area contributed by atoms with Crippen LogP contribution in [0.25, 0.3) is 0 Å². The van der Waals surface area contributed by atoms with E-state index in [4.69, 9.17) is 0 Å². The molecule has 1 aromatic rings. The van der Waals surface area contributed by atoms with Gasteiger partial charge in [0.15, 0.2) is 0 Å². The molecule has 0 nitrogen and oxygen atoms in total. The molecular formula is C32H46S. The molecule has 1 aromatic carbocycles. The first-order valence-corrected chi connectivity index (χ1v) is 14.1. The number of hydrogen-bond acceptors (Lipinski definition) is 1. The van der Waals surface area contributed by atoms with Crippen LogP contribution in [0, 0.1) is 35.5 Å². The third-order valence-corrected chi connectivity index (χ3v) is 9.87. The zero-order valence-electron chi connectivity index (χ0n) is 21.8. The molecule has 5 atom stereocenters. The summed E-state index contributed by atoms with van der Waals surface area (Å²) in [5.74, 6) is 3.38. The van der Waals surface area contributed by atoms with Gasteiger partial charge < -0.3 is 0 Å². The van der Waals surface area contributed by atoms with Gasteiger partial charge in [0, 0.05) is 16.1 Å². The van der Waals surface area contributed by atoms with Crippen molar-refractivity contribution in [3.05, 3.63) is 78.4 Å². The van der Waals surface area contributed by atoms with E-state index < -0.39 is 0 Å². The first-order chi connectivity index (χ1) is 15.8. The van der Waals surface area contributed by atoms with Gasteiger partial charge >= 0.3 is 0 Å². The lowest BCUT2D eigenvalue weighted by molar-refractivity contribution is -0.0376. The molecule has 180 valence electrons. The molecule has 0 heterocycles. The number of hydrogen-bond donors (Lipinski definition) is 0. The Morgan fingerprint density at radius 3 is 2.55 bits per heavy atom. The molecule has 2 aliphatic carbocycles. The highest BCUT2D eigenvalue weighted by molar-refractivity contribution is 7.99. The van der Waals surface area contributed by atoms with Gasteiger partial charge in [0.05, 0.1) is 0 Å². The second-order valence-electron chi connectivity index (χ2n) is 11.1. The molecule has 0 spiro atoms. The zero-order chi connectivity index (χ0) is 24.1. The van der Waals surface area contributed by atoms with Crippen molar-refractivity contribution < 1.29 is 0 Å². The predicted molar refractivity (Wildman–Crippen MR) is 149 cm³/mol. The van der Waals surface area contributed by atoms with Crippen LogP contribution in [-0.4, -0.2) is 5.75 Å². The Kier molecular flexibility index (Phi) is 8.95. The van der Waals surface area contributed by atoms with Gasteiger partial charge in [-0.1, -0.05) is 93.5 Å². The van der Waals surface area contributed by atoms with E-state index in [2.05, 4.69) is 90.3 Å². The quantitative estimate of drug-likeness (QED) is 0.260. The molecule has 33 heavy (non-hydrogen) atoms. The summed E-state index contributed by atoms with van der Waals surface area (Å²) in [6, 6.07) is 8.92. The first kappa shape index (κ1) is 26.1. The number of rotatable bonds is 9. The largest absolute Gasteiger partial charge is 0.122 e. The van der Waals surface area contributed by atoms with Crippen LogP contribution < -0.4 is 0 Å². The Balaban J connectivity index is 1.77. The third kappa shape index (κ3) is 5.79. The Morgan fingerprint density at radius 1 is 1.18 bits per heavy atom. The van der Waals surface area contributed by atoms with Crippen LogP contribution in [0.4, 0.5) is 0 Å². The van der Waals surface area contributed by atoms with Crippen molar-refractivity contribution >= 4 is 11.8 Å². The second kappa shape index (κ2) is 11.3. The van der Waals surface area contributed by atoms with Gasteiger partial charge in [-0.05, 0) is 87.7 Å². The monoisotopic (exact) mass is 462 g/mol. The molecule has 0 amide bonds. The SMILES string of the molecule is C=C/C=C1/CCC2C(CCC)C(C)(CC(=C)CSc3ccc(C)cc3)CCC2C1(C)/C=C\C. The molecule has 2 saturated carbocycles. The predicted octanol–water partition coefficient (Wildman–Crippen LogP) is 9.97. The van der Waals surface area contributed by atoms with E-state index in [1.54, 1.807) is 5.57 Å². The minimum absolute atomic E-state index is 0.178. The number of aryl methyl sites for hydroxylation is 1. The van der Waals surface area contributed by atoms with E-state index in [9.17, 15) is 0 Å². The van der Waals surface area contributed by atoms with Crippen LogP contribution in [0.15, 0.2) is 77.8 Å². The van der Waals surface area contributed by atoms with E-state index in [0.29, 0.717) is 5.41 Å². The van der Waals surface area contributed by atoms with Crippen molar-refractivity contribution in [2.75, 3.05) is 5.75 Å². The van der Waals surface area contributed by atoms with Crippen molar-refractivity contribution in [3.8, 4) is 0 Å². The summed E-state index contributed by atoms with van der Waals surface area (Å²) >= 11 is 1.95. The molecule has 0 radical (unpaired) electrons. The Hall–Kier alpha value is -1.47. The van der Waals surface area contributed by atoms with E-state index in [0.717, 1.165) is 23.5 Å². The zero-order valence-corrected chi connectivity index (χ0v) is 22.6. The minimum Gasteiger partial charge on any atom is -0.122 e. The van der Waals surface area contributed by atoms with Crippen molar-refractivity contribution in [1.29, 1.82) is 0 Å². The number of benzene rings is 1. The lowest BCUT2D eigenvalue weighted by atomic mass is 9.47. The van der Waals surface area contributed by atoms with Gasteiger partial charge in [-0.3, -0.25) is 0 Å². The molecule has 0 aliphatic heterocycles. The fourth-order valence-corrected chi connectivity index (χ4v) is 7.98. The average molecular weight is 463 g/mol. The number of fused-ring (bicyclic) bond motifs is 1. The molecule has 0 N–H and O–H groups in total. The molecule has 0 saturated heterocycles.